The summed E-state index contributed by atoms with van der Waals surface area (Å²) < 4.78 is 11.3. The highest BCUT2D eigenvalue weighted by Crippen LogP contribution is 2.52. The molecule has 7 atom stereocenters. The molecule has 8 heteroatoms. The first kappa shape index (κ1) is 28.9. The van der Waals surface area contributed by atoms with Gasteiger partial charge in [0.1, 0.15) is 18.3 Å². The minimum Gasteiger partial charge on any atom is -0.458 e. The van der Waals surface area contributed by atoms with Crippen LogP contribution in [-0.4, -0.2) is 63.6 Å². The summed E-state index contributed by atoms with van der Waals surface area (Å²) in [6, 6.07) is 9.25. The standard InChI is InChI=1S/C31H38O8/c1-17-23(38-18(2)32)14-21-22(33)13-20-16-31(5,29(37)28(36)27(17)30(21,3)4)25(34)15-24(20)39-26(35)12-11-19-9-7-6-8-10-19/h6-13,21-25,28,33-34,36H,14-16H2,1-5H3/b12-11+,20-13+/t21-,22-,23-,24-,25-,28+,31-/m1/s1. The second kappa shape index (κ2) is 10.8. The van der Waals surface area contributed by atoms with Gasteiger partial charge in [-0.05, 0) is 60.5 Å². The van der Waals surface area contributed by atoms with Crippen molar-refractivity contribution in [3.63, 3.8) is 0 Å². The second-order valence-electron chi connectivity index (χ2n) is 11.8. The molecule has 1 fully saturated rings. The number of ether oxygens (including phenoxy) is 2. The zero-order chi connectivity index (χ0) is 28.7. The van der Waals surface area contributed by atoms with Crippen LogP contribution < -0.4 is 0 Å². The molecule has 0 aromatic heterocycles. The summed E-state index contributed by atoms with van der Waals surface area (Å²) in [6.45, 7) is 8.30. The first-order valence-electron chi connectivity index (χ1n) is 13.4. The zero-order valence-corrected chi connectivity index (χ0v) is 23.1. The van der Waals surface area contributed by atoms with Crippen LogP contribution in [0.15, 0.2) is 59.2 Å². The lowest BCUT2D eigenvalue weighted by molar-refractivity contribution is -0.153. The van der Waals surface area contributed by atoms with Gasteiger partial charge >= 0.3 is 11.9 Å². The number of benzene rings is 1. The molecular formula is C31H38O8. The SMILES string of the molecule is CC(=O)O[C@@H]1C[C@@H]2[C@H](O)/C=C3\C[C@@](C)(C(=O)[C@@H](O)C(=C1C)C2(C)C)[C@H](O)C[C@H]3OC(=O)/C=C/c1ccccc1. The second-order valence-corrected chi connectivity index (χ2v) is 11.8. The number of aliphatic hydroxyl groups excluding tert-OH is 3. The lowest BCUT2D eigenvalue weighted by Crippen LogP contribution is -2.55. The van der Waals surface area contributed by atoms with Crippen molar-refractivity contribution in [2.75, 3.05) is 0 Å². The molecule has 1 aromatic rings. The third-order valence-corrected chi connectivity index (χ3v) is 8.81. The number of ketones is 1. The van der Waals surface area contributed by atoms with Crippen molar-refractivity contribution < 1.29 is 39.2 Å². The average molecular weight is 539 g/mol. The maximum Gasteiger partial charge on any atom is 0.331 e. The summed E-state index contributed by atoms with van der Waals surface area (Å²) in [5.41, 5.74) is 0.0722. The van der Waals surface area contributed by atoms with Gasteiger partial charge in [-0.15, -0.1) is 0 Å². The highest BCUT2D eigenvalue weighted by atomic mass is 16.5. The van der Waals surface area contributed by atoms with E-state index in [1.54, 1.807) is 26.0 Å². The fraction of sp³-hybridized carbons (Fsp3) is 0.516. The smallest absolute Gasteiger partial charge is 0.331 e. The highest BCUT2D eigenvalue weighted by molar-refractivity contribution is 5.93. The summed E-state index contributed by atoms with van der Waals surface area (Å²) >= 11 is 0. The van der Waals surface area contributed by atoms with Crippen LogP contribution in [0.5, 0.6) is 0 Å². The number of carbonyl (C=O) groups excluding carboxylic acids is 3. The molecule has 0 radical (unpaired) electrons. The number of carbonyl (C=O) groups is 3. The van der Waals surface area contributed by atoms with E-state index in [4.69, 9.17) is 9.47 Å². The van der Waals surface area contributed by atoms with Gasteiger partial charge < -0.3 is 24.8 Å². The molecule has 0 unspecified atom stereocenters. The van der Waals surface area contributed by atoms with Crippen molar-refractivity contribution in [1.29, 1.82) is 0 Å². The molecule has 3 aliphatic carbocycles. The Bertz CT molecular complexity index is 1230. The third-order valence-electron chi connectivity index (χ3n) is 8.81. The zero-order valence-electron chi connectivity index (χ0n) is 23.1. The van der Waals surface area contributed by atoms with Crippen molar-refractivity contribution in [2.24, 2.45) is 16.7 Å². The Hall–Kier alpha value is -3.07. The number of hydrogen-bond acceptors (Lipinski definition) is 8. The number of rotatable bonds is 4. The lowest BCUT2D eigenvalue weighted by atomic mass is 9.57. The Morgan fingerprint density at radius 3 is 2.31 bits per heavy atom. The van der Waals surface area contributed by atoms with Crippen molar-refractivity contribution >= 4 is 23.8 Å². The summed E-state index contributed by atoms with van der Waals surface area (Å²) in [5.74, 6) is -2.20. The van der Waals surface area contributed by atoms with E-state index in [2.05, 4.69) is 0 Å². The molecule has 0 spiro atoms. The van der Waals surface area contributed by atoms with Crippen molar-refractivity contribution in [3.8, 4) is 0 Å². The van der Waals surface area contributed by atoms with Gasteiger partial charge in [-0.3, -0.25) is 9.59 Å². The van der Waals surface area contributed by atoms with Gasteiger partial charge in [-0.1, -0.05) is 50.3 Å². The molecule has 4 bridgehead atoms. The molecule has 0 heterocycles. The Kier molecular flexibility index (Phi) is 8.03. The van der Waals surface area contributed by atoms with E-state index in [1.165, 1.54) is 13.0 Å². The Morgan fingerprint density at radius 2 is 1.67 bits per heavy atom. The van der Waals surface area contributed by atoms with E-state index in [0.717, 1.165) is 5.56 Å². The van der Waals surface area contributed by atoms with E-state index in [0.29, 0.717) is 16.7 Å². The van der Waals surface area contributed by atoms with Gasteiger partial charge in [0.25, 0.3) is 0 Å². The van der Waals surface area contributed by atoms with E-state index >= 15 is 0 Å². The quantitative estimate of drug-likeness (QED) is 0.303. The summed E-state index contributed by atoms with van der Waals surface area (Å²) in [4.78, 5) is 38.4. The van der Waals surface area contributed by atoms with Crippen molar-refractivity contribution in [2.45, 2.75) is 84.4 Å². The number of Topliss-reactive ketones (excluding diaryl/α,β-unsaturated/α-hetero) is 1. The monoisotopic (exact) mass is 538 g/mol. The van der Waals surface area contributed by atoms with Gasteiger partial charge in [0.15, 0.2) is 5.78 Å². The van der Waals surface area contributed by atoms with Gasteiger partial charge in [-0.2, -0.15) is 0 Å². The normalized spacial score (nSPS) is 35.7. The Balaban J connectivity index is 1.74. The predicted molar refractivity (Wildman–Crippen MR) is 144 cm³/mol. The van der Waals surface area contributed by atoms with E-state index in [9.17, 15) is 29.7 Å². The highest BCUT2D eigenvalue weighted by Gasteiger charge is 2.55. The minimum absolute atomic E-state index is 0.00825. The van der Waals surface area contributed by atoms with E-state index in [1.807, 2.05) is 44.2 Å². The van der Waals surface area contributed by atoms with Crippen LogP contribution in [0.1, 0.15) is 59.4 Å². The molecule has 0 saturated heterocycles. The first-order chi connectivity index (χ1) is 18.3. The van der Waals surface area contributed by atoms with Gasteiger partial charge in [-0.25, -0.2) is 4.79 Å². The molecule has 1 aromatic carbocycles. The summed E-state index contributed by atoms with van der Waals surface area (Å²) in [7, 11) is 0. The molecule has 3 N–H and O–H groups in total. The van der Waals surface area contributed by atoms with Gasteiger partial charge in [0, 0.05) is 25.3 Å². The van der Waals surface area contributed by atoms with Crippen LogP contribution in [0.4, 0.5) is 0 Å². The summed E-state index contributed by atoms with van der Waals surface area (Å²) in [6.07, 6.45) is -0.648. The maximum absolute atomic E-state index is 13.9. The van der Waals surface area contributed by atoms with Crippen molar-refractivity contribution in [3.05, 3.63) is 64.8 Å². The molecule has 210 valence electrons. The van der Waals surface area contributed by atoms with Crippen LogP contribution in [-0.2, 0) is 23.9 Å². The largest absolute Gasteiger partial charge is 0.458 e. The number of aliphatic hydroxyl groups is 3. The molecule has 1 saturated carbocycles. The van der Waals surface area contributed by atoms with E-state index < -0.39 is 65.0 Å². The molecule has 3 aliphatic rings. The fourth-order valence-electron chi connectivity index (χ4n) is 6.55. The van der Waals surface area contributed by atoms with Gasteiger partial charge in [0.05, 0.1) is 17.6 Å². The third kappa shape index (κ3) is 5.51. The Morgan fingerprint density at radius 1 is 1.00 bits per heavy atom. The molecule has 4 rings (SSSR count). The topological polar surface area (TPSA) is 130 Å². The number of hydrogen-bond donors (Lipinski definition) is 3. The van der Waals surface area contributed by atoms with Crippen LogP contribution in [0.25, 0.3) is 6.08 Å². The predicted octanol–water partition coefficient (Wildman–Crippen LogP) is 3.30. The van der Waals surface area contributed by atoms with Crippen LogP contribution in [0.2, 0.25) is 0 Å². The molecule has 0 amide bonds. The average Bonchev–Trinajstić information content (AvgIpc) is 2.86. The lowest BCUT2D eigenvalue weighted by Gasteiger charge is -2.50. The molecule has 8 nitrogen and oxygen atoms in total. The minimum atomic E-state index is -1.57. The van der Waals surface area contributed by atoms with Crippen LogP contribution >= 0.6 is 0 Å². The molecular weight excluding hydrogens is 500 g/mol. The fourth-order valence-corrected chi connectivity index (χ4v) is 6.55. The molecule has 39 heavy (non-hydrogen) atoms. The number of fused-ring (bicyclic) bond motifs is 4. The van der Waals surface area contributed by atoms with E-state index in [-0.39, 0.29) is 19.3 Å². The summed E-state index contributed by atoms with van der Waals surface area (Å²) in [5, 5.41) is 34.2. The van der Waals surface area contributed by atoms with Crippen LogP contribution in [0.3, 0.4) is 0 Å². The Labute approximate surface area is 229 Å². The molecule has 0 aliphatic heterocycles. The number of esters is 2. The van der Waals surface area contributed by atoms with Crippen molar-refractivity contribution in [1.82, 2.24) is 0 Å². The first-order valence-corrected chi connectivity index (χ1v) is 13.4. The maximum atomic E-state index is 13.9. The van der Waals surface area contributed by atoms with Crippen LogP contribution in [0, 0.1) is 16.7 Å². The van der Waals surface area contributed by atoms with Gasteiger partial charge in [0.2, 0.25) is 0 Å².